The van der Waals surface area contributed by atoms with Crippen molar-refractivity contribution in [3.8, 4) is 11.5 Å². The molecule has 2 aromatic rings. The third-order valence-electron chi connectivity index (χ3n) is 2.95. The van der Waals surface area contributed by atoms with Crippen molar-refractivity contribution in [3.05, 3.63) is 58.4 Å². The number of halogens is 2. The SMILES string of the molecule is Cc1ccc(CC(C)N)cc1Oc1cccc(Cl)c1F. The molecule has 2 aromatic carbocycles. The van der Waals surface area contributed by atoms with Gasteiger partial charge >= 0.3 is 0 Å². The van der Waals surface area contributed by atoms with Crippen molar-refractivity contribution in [2.75, 3.05) is 0 Å². The molecule has 2 rings (SSSR count). The van der Waals surface area contributed by atoms with Gasteiger partial charge in [0.1, 0.15) is 5.75 Å². The number of aryl methyl sites for hydroxylation is 1. The van der Waals surface area contributed by atoms with E-state index in [0.29, 0.717) is 5.75 Å². The van der Waals surface area contributed by atoms with E-state index in [0.717, 1.165) is 17.5 Å². The molecule has 0 radical (unpaired) electrons. The third kappa shape index (κ3) is 3.50. The Bertz CT molecular complexity index is 613. The van der Waals surface area contributed by atoms with Crippen LogP contribution in [0.25, 0.3) is 0 Å². The van der Waals surface area contributed by atoms with E-state index < -0.39 is 5.82 Å². The standard InChI is InChI=1S/C16H17ClFNO/c1-10-6-7-12(8-11(2)19)9-15(10)20-14-5-3-4-13(17)16(14)18/h3-7,9,11H,8,19H2,1-2H3. The van der Waals surface area contributed by atoms with E-state index in [1.165, 1.54) is 6.07 Å². The molecule has 20 heavy (non-hydrogen) atoms. The van der Waals surface area contributed by atoms with Crippen LogP contribution in [0.4, 0.5) is 4.39 Å². The zero-order valence-corrected chi connectivity index (χ0v) is 12.2. The summed E-state index contributed by atoms with van der Waals surface area (Å²) in [5, 5.41) is 0.0480. The maximum Gasteiger partial charge on any atom is 0.184 e. The lowest BCUT2D eigenvalue weighted by molar-refractivity contribution is 0.439. The summed E-state index contributed by atoms with van der Waals surface area (Å²) < 4.78 is 19.5. The Balaban J connectivity index is 2.30. The Labute approximate surface area is 123 Å². The lowest BCUT2D eigenvalue weighted by atomic mass is 10.1. The fraction of sp³-hybridized carbons (Fsp3) is 0.250. The first-order chi connectivity index (χ1) is 9.47. The van der Waals surface area contributed by atoms with E-state index in [9.17, 15) is 4.39 Å². The second-order valence-electron chi connectivity index (χ2n) is 4.94. The number of nitrogens with two attached hydrogens (primary N) is 1. The molecule has 0 saturated heterocycles. The molecule has 0 saturated carbocycles. The predicted octanol–water partition coefficient (Wildman–Crippen LogP) is 4.47. The summed E-state index contributed by atoms with van der Waals surface area (Å²) in [5.41, 5.74) is 7.78. The van der Waals surface area contributed by atoms with Gasteiger partial charge in [0.15, 0.2) is 11.6 Å². The van der Waals surface area contributed by atoms with Gasteiger partial charge < -0.3 is 10.5 Å². The average molecular weight is 294 g/mol. The van der Waals surface area contributed by atoms with Crippen LogP contribution in [0.1, 0.15) is 18.1 Å². The van der Waals surface area contributed by atoms with Gasteiger partial charge in [-0.3, -0.25) is 0 Å². The summed E-state index contributed by atoms with van der Waals surface area (Å²) in [6.45, 7) is 3.85. The first-order valence-electron chi connectivity index (χ1n) is 6.44. The molecule has 0 bridgehead atoms. The molecule has 1 atom stereocenters. The van der Waals surface area contributed by atoms with Gasteiger partial charge in [-0.25, -0.2) is 4.39 Å². The fourth-order valence-corrected chi connectivity index (χ4v) is 2.10. The molecule has 106 valence electrons. The quantitative estimate of drug-likeness (QED) is 0.902. The third-order valence-corrected chi connectivity index (χ3v) is 3.24. The minimum absolute atomic E-state index is 0.0480. The summed E-state index contributed by atoms with van der Waals surface area (Å²) in [6, 6.07) is 10.6. The topological polar surface area (TPSA) is 35.2 Å². The smallest absolute Gasteiger partial charge is 0.184 e. The molecule has 2 N–H and O–H groups in total. The first-order valence-corrected chi connectivity index (χ1v) is 6.82. The Morgan fingerprint density at radius 2 is 2.00 bits per heavy atom. The van der Waals surface area contributed by atoms with Crippen molar-refractivity contribution in [3.63, 3.8) is 0 Å². The van der Waals surface area contributed by atoms with E-state index in [4.69, 9.17) is 22.1 Å². The molecule has 0 amide bonds. The van der Waals surface area contributed by atoms with Crippen molar-refractivity contribution >= 4 is 11.6 Å². The van der Waals surface area contributed by atoms with Gasteiger partial charge in [-0.05, 0) is 49.6 Å². The van der Waals surface area contributed by atoms with Gasteiger partial charge in [0.05, 0.1) is 5.02 Å². The highest BCUT2D eigenvalue weighted by atomic mass is 35.5. The molecule has 0 fully saturated rings. The summed E-state index contributed by atoms with van der Waals surface area (Å²) >= 11 is 5.75. The second kappa shape index (κ2) is 6.25. The number of rotatable bonds is 4. The number of hydrogen-bond acceptors (Lipinski definition) is 2. The Morgan fingerprint density at radius 3 is 2.70 bits per heavy atom. The molecule has 0 heterocycles. The summed E-state index contributed by atoms with van der Waals surface area (Å²) in [4.78, 5) is 0. The van der Waals surface area contributed by atoms with Gasteiger partial charge in [0.25, 0.3) is 0 Å². The summed E-state index contributed by atoms with van der Waals surface area (Å²) in [7, 11) is 0. The molecule has 0 spiro atoms. The van der Waals surface area contributed by atoms with Crippen LogP contribution in [0.5, 0.6) is 11.5 Å². The minimum Gasteiger partial charge on any atom is -0.454 e. The maximum absolute atomic E-state index is 13.9. The van der Waals surface area contributed by atoms with Crippen LogP contribution in [0.15, 0.2) is 36.4 Å². The molecule has 0 aliphatic heterocycles. The highest BCUT2D eigenvalue weighted by molar-refractivity contribution is 6.30. The van der Waals surface area contributed by atoms with E-state index in [-0.39, 0.29) is 16.8 Å². The van der Waals surface area contributed by atoms with Crippen LogP contribution >= 0.6 is 11.6 Å². The Kier molecular flexibility index (Phi) is 4.63. The summed E-state index contributed by atoms with van der Waals surface area (Å²) in [5.74, 6) is 0.189. The Hall–Kier alpha value is -1.58. The molecule has 0 aliphatic rings. The lowest BCUT2D eigenvalue weighted by Gasteiger charge is -2.12. The Morgan fingerprint density at radius 1 is 1.25 bits per heavy atom. The molecular weight excluding hydrogens is 277 g/mol. The van der Waals surface area contributed by atoms with Crippen molar-refractivity contribution in [2.45, 2.75) is 26.3 Å². The number of hydrogen-bond donors (Lipinski definition) is 1. The van der Waals surface area contributed by atoms with Crippen molar-refractivity contribution in [1.29, 1.82) is 0 Å². The van der Waals surface area contributed by atoms with E-state index >= 15 is 0 Å². The highest BCUT2D eigenvalue weighted by Crippen LogP contribution is 2.31. The van der Waals surface area contributed by atoms with Gasteiger partial charge in [-0.15, -0.1) is 0 Å². The van der Waals surface area contributed by atoms with Crippen LogP contribution < -0.4 is 10.5 Å². The van der Waals surface area contributed by atoms with Crippen LogP contribution in [0.3, 0.4) is 0 Å². The monoisotopic (exact) mass is 293 g/mol. The fourth-order valence-electron chi connectivity index (χ4n) is 1.93. The maximum atomic E-state index is 13.9. The lowest BCUT2D eigenvalue weighted by Crippen LogP contribution is -2.17. The van der Waals surface area contributed by atoms with Crippen molar-refractivity contribution in [1.82, 2.24) is 0 Å². The van der Waals surface area contributed by atoms with Crippen LogP contribution in [-0.2, 0) is 6.42 Å². The number of benzene rings is 2. The highest BCUT2D eigenvalue weighted by Gasteiger charge is 2.10. The molecule has 0 aliphatic carbocycles. The van der Waals surface area contributed by atoms with E-state index in [1.54, 1.807) is 12.1 Å². The molecule has 2 nitrogen and oxygen atoms in total. The predicted molar refractivity (Wildman–Crippen MR) is 80.0 cm³/mol. The van der Waals surface area contributed by atoms with Gasteiger partial charge in [-0.1, -0.05) is 29.8 Å². The van der Waals surface area contributed by atoms with Gasteiger partial charge in [0.2, 0.25) is 0 Å². The molecular formula is C16H17ClFNO. The van der Waals surface area contributed by atoms with Crippen LogP contribution in [0.2, 0.25) is 5.02 Å². The van der Waals surface area contributed by atoms with E-state index in [2.05, 4.69) is 0 Å². The van der Waals surface area contributed by atoms with Crippen LogP contribution in [0, 0.1) is 12.7 Å². The summed E-state index contributed by atoms with van der Waals surface area (Å²) in [6.07, 6.45) is 0.745. The average Bonchev–Trinajstić information content (AvgIpc) is 2.38. The molecule has 0 aromatic heterocycles. The molecule has 1 unspecified atom stereocenters. The molecule has 4 heteroatoms. The normalized spacial score (nSPS) is 12.2. The van der Waals surface area contributed by atoms with Crippen molar-refractivity contribution < 1.29 is 9.13 Å². The zero-order valence-electron chi connectivity index (χ0n) is 11.5. The second-order valence-corrected chi connectivity index (χ2v) is 5.34. The van der Waals surface area contributed by atoms with Gasteiger partial charge in [-0.2, -0.15) is 0 Å². The number of ether oxygens (including phenoxy) is 1. The van der Waals surface area contributed by atoms with E-state index in [1.807, 2.05) is 32.0 Å². The first kappa shape index (κ1) is 14.8. The minimum atomic E-state index is -0.550. The van der Waals surface area contributed by atoms with Crippen LogP contribution in [-0.4, -0.2) is 6.04 Å². The van der Waals surface area contributed by atoms with Gasteiger partial charge in [0, 0.05) is 6.04 Å². The largest absolute Gasteiger partial charge is 0.454 e. The zero-order chi connectivity index (χ0) is 14.7. The van der Waals surface area contributed by atoms with Crippen molar-refractivity contribution in [2.24, 2.45) is 5.73 Å².